The van der Waals surface area contributed by atoms with Crippen LogP contribution in [0.4, 0.5) is 5.69 Å². The molecule has 0 bridgehead atoms. The molecule has 8 heteroatoms. The molecule has 1 aromatic carbocycles. The standard InChI is InChI=1S/C18H23N5O3/c1-13(24)19-16-6-4-14(5-7-16)9-22-8-2-3-15(10-22)11-23-12-17(18(25)26)20-21-23/h4-7,12,15H,2-3,8-11H2,1H3,(H,19,24)(H,25,26). The molecule has 0 saturated carbocycles. The number of nitrogens with zero attached hydrogens (tertiary/aromatic N) is 4. The Balaban J connectivity index is 1.54. The van der Waals surface area contributed by atoms with Gasteiger partial charge in [-0.2, -0.15) is 0 Å². The number of aromatic nitrogens is 3. The van der Waals surface area contributed by atoms with Crippen molar-refractivity contribution in [3.63, 3.8) is 0 Å². The number of aromatic carboxylic acids is 1. The Hall–Kier alpha value is -2.74. The first-order valence-corrected chi connectivity index (χ1v) is 8.72. The lowest BCUT2D eigenvalue weighted by atomic mass is 9.97. The van der Waals surface area contributed by atoms with Crippen LogP contribution in [-0.4, -0.2) is 50.0 Å². The van der Waals surface area contributed by atoms with Crippen LogP contribution in [0.3, 0.4) is 0 Å². The third-order valence-electron chi connectivity index (χ3n) is 4.49. The van der Waals surface area contributed by atoms with E-state index in [-0.39, 0.29) is 11.6 Å². The smallest absolute Gasteiger partial charge is 0.358 e. The summed E-state index contributed by atoms with van der Waals surface area (Å²) >= 11 is 0. The molecule has 2 N–H and O–H groups in total. The molecule has 3 rings (SSSR count). The van der Waals surface area contributed by atoms with E-state index in [1.165, 1.54) is 18.7 Å². The van der Waals surface area contributed by atoms with Crippen molar-refractivity contribution in [1.82, 2.24) is 19.9 Å². The van der Waals surface area contributed by atoms with Crippen molar-refractivity contribution >= 4 is 17.6 Å². The molecule has 1 amide bonds. The van der Waals surface area contributed by atoms with Gasteiger partial charge in [-0.1, -0.05) is 17.3 Å². The highest BCUT2D eigenvalue weighted by Gasteiger charge is 2.21. The molecule has 0 radical (unpaired) electrons. The number of benzene rings is 1. The molecule has 1 aromatic heterocycles. The second-order valence-electron chi connectivity index (χ2n) is 6.75. The first-order valence-electron chi connectivity index (χ1n) is 8.72. The highest BCUT2D eigenvalue weighted by atomic mass is 16.4. The van der Waals surface area contributed by atoms with Crippen LogP contribution in [0.2, 0.25) is 0 Å². The third-order valence-corrected chi connectivity index (χ3v) is 4.49. The zero-order chi connectivity index (χ0) is 18.5. The number of nitrogens with one attached hydrogen (secondary N) is 1. The maximum atomic E-state index is 11.1. The Kier molecular flexibility index (Phi) is 5.62. The molecule has 1 unspecified atom stereocenters. The predicted molar refractivity (Wildman–Crippen MR) is 95.7 cm³/mol. The van der Waals surface area contributed by atoms with E-state index in [0.717, 1.165) is 38.2 Å². The molecule has 1 saturated heterocycles. The van der Waals surface area contributed by atoms with Crippen molar-refractivity contribution in [2.45, 2.75) is 32.9 Å². The fourth-order valence-corrected chi connectivity index (χ4v) is 3.35. The maximum absolute atomic E-state index is 11.1. The van der Waals surface area contributed by atoms with Gasteiger partial charge in [-0.3, -0.25) is 14.4 Å². The van der Waals surface area contributed by atoms with Crippen LogP contribution in [0.15, 0.2) is 30.5 Å². The SMILES string of the molecule is CC(=O)Nc1ccc(CN2CCCC(Cn3cc(C(=O)O)nn3)C2)cc1. The van der Waals surface area contributed by atoms with E-state index >= 15 is 0 Å². The Morgan fingerprint density at radius 1 is 1.31 bits per heavy atom. The zero-order valence-corrected chi connectivity index (χ0v) is 14.8. The molecular formula is C18H23N5O3. The number of anilines is 1. The molecule has 138 valence electrons. The summed E-state index contributed by atoms with van der Waals surface area (Å²) in [7, 11) is 0. The van der Waals surface area contributed by atoms with Gasteiger partial charge in [-0.05, 0) is 43.0 Å². The minimum atomic E-state index is -1.05. The molecule has 1 aliphatic heterocycles. The highest BCUT2D eigenvalue weighted by molar-refractivity contribution is 5.88. The van der Waals surface area contributed by atoms with Gasteiger partial charge in [0.25, 0.3) is 0 Å². The largest absolute Gasteiger partial charge is 0.476 e. The number of carbonyl (C=O) groups is 2. The zero-order valence-electron chi connectivity index (χ0n) is 14.8. The lowest BCUT2D eigenvalue weighted by Crippen LogP contribution is -2.36. The van der Waals surface area contributed by atoms with Crippen molar-refractivity contribution in [3.05, 3.63) is 41.7 Å². The van der Waals surface area contributed by atoms with E-state index in [9.17, 15) is 9.59 Å². The maximum Gasteiger partial charge on any atom is 0.358 e. The predicted octanol–water partition coefficient (Wildman–Crippen LogP) is 1.85. The molecule has 0 aliphatic carbocycles. The van der Waals surface area contributed by atoms with Gasteiger partial charge in [0.2, 0.25) is 5.91 Å². The van der Waals surface area contributed by atoms with Crippen LogP contribution < -0.4 is 5.32 Å². The summed E-state index contributed by atoms with van der Waals surface area (Å²) < 4.78 is 1.62. The molecule has 1 aliphatic rings. The fourth-order valence-electron chi connectivity index (χ4n) is 3.35. The average Bonchev–Trinajstić information content (AvgIpc) is 3.05. The van der Waals surface area contributed by atoms with E-state index in [0.29, 0.717) is 12.5 Å². The Labute approximate surface area is 151 Å². The molecule has 1 fully saturated rings. The summed E-state index contributed by atoms with van der Waals surface area (Å²) in [5.74, 6) is -0.703. The van der Waals surface area contributed by atoms with Gasteiger partial charge in [0.15, 0.2) is 5.69 Å². The van der Waals surface area contributed by atoms with Crippen molar-refractivity contribution < 1.29 is 14.7 Å². The van der Waals surface area contributed by atoms with Crippen LogP contribution in [0.5, 0.6) is 0 Å². The van der Waals surface area contributed by atoms with Gasteiger partial charge in [-0.15, -0.1) is 5.10 Å². The first kappa shape index (κ1) is 18.1. The molecular weight excluding hydrogens is 334 g/mol. The van der Waals surface area contributed by atoms with Gasteiger partial charge < -0.3 is 10.4 Å². The number of amides is 1. The van der Waals surface area contributed by atoms with E-state index in [1.807, 2.05) is 24.3 Å². The molecule has 2 heterocycles. The Morgan fingerprint density at radius 2 is 2.08 bits per heavy atom. The number of hydrogen-bond acceptors (Lipinski definition) is 5. The van der Waals surface area contributed by atoms with Crippen LogP contribution in [-0.2, 0) is 17.9 Å². The minimum absolute atomic E-state index is 0.0167. The minimum Gasteiger partial charge on any atom is -0.476 e. The lowest BCUT2D eigenvalue weighted by Gasteiger charge is -2.32. The van der Waals surface area contributed by atoms with Crippen molar-refractivity contribution in [2.75, 3.05) is 18.4 Å². The normalized spacial score (nSPS) is 17.8. The van der Waals surface area contributed by atoms with Gasteiger partial charge >= 0.3 is 5.97 Å². The Bertz CT molecular complexity index is 771. The van der Waals surface area contributed by atoms with Crippen LogP contribution in [0, 0.1) is 5.92 Å². The number of likely N-dealkylation sites (tertiary alicyclic amines) is 1. The summed E-state index contributed by atoms with van der Waals surface area (Å²) in [4.78, 5) is 24.4. The number of rotatable bonds is 6. The quantitative estimate of drug-likeness (QED) is 0.818. The van der Waals surface area contributed by atoms with Gasteiger partial charge in [0.05, 0.1) is 6.20 Å². The number of piperidine rings is 1. The molecule has 26 heavy (non-hydrogen) atoms. The van der Waals surface area contributed by atoms with Crippen molar-refractivity contribution in [1.29, 1.82) is 0 Å². The van der Waals surface area contributed by atoms with E-state index in [2.05, 4.69) is 20.5 Å². The second kappa shape index (κ2) is 8.09. The summed E-state index contributed by atoms with van der Waals surface area (Å²) in [6.45, 7) is 5.01. The summed E-state index contributed by atoms with van der Waals surface area (Å²) in [5.41, 5.74) is 1.99. The second-order valence-corrected chi connectivity index (χ2v) is 6.75. The molecule has 8 nitrogen and oxygen atoms in total. The number of carboxylic acids is 1. The summed E-state index contributed by atoms with van der Waals surface area (Å²) in [6.07, 6.45) is 3.69. The van der Waals surface area contributed by atoms with Crippen LogP contribution >= 0.6 is 0 Å². The van der Waals surface area contributed by atoms with E-state index in [1.54, 1.807) is 4.68 Å². The summed E-state index contributed by atoms with van der Waals surface area (Å²) in [5, 5.41) is 19.3. The van der Waals surface area contributed by atoms with Crippen molar-refractivity contribution in [3.8, 4) is 0 Å². The first-order chi connectivity index (χ1) is 12.5. The highest BCUT2D eigenvalue weighted by Crippen LogP contribution is 2.20. The molecule has 2 aromatic rings. The number of carbonyl (C=O) groups excluding carboxylic acids is 1. The average molecular weight is 357 g/mol. The van der Waals surface area contributed by atoms with Gasteiger partial charge in [0, 0.05) is 32.2 Å². The van der Waals surface area contributed by atoms with Crippen LogP contribution in [0.1, 0.15) is 35.8 Å². The molecule has 1 atom stereocenters. The fraction of sp³-hybridized carbons (Fsp3) is 0.444. The third kappa shape index (κ3) is 4.89. The van der Waals surface area contributed by atoms with Crippen LogP contribution in [0.25, 0.3) is 0 Å². The topological polar surface area (TPSA) is 100 Å². The van der Waals surface area contributed by atoms with E-state index < -0.39 is 5.97 Å². The number of hydrogen-bond donors (Lipinski definition) is 2. The number of carboxylic acid groups (broad SMARTS) is 1. The summed E-state index contributed by atoms with van der Waals surface area (Å²) in [6, 6.07) is 7.90. The van der Waals surface area contributed by atoms with Crippen molar-refractivity contribution in [2.24, 2.45) is 5.92 Å². The molecule has 0 spiro atoms. The lowest BCUT2D eigenvalue weighted by molar-refractivity contribution is -0.114. The monoisotopic (exact) mass is 357 g/mol. The van der Waals surface area contributed by atoms with E-state index in [4.69, 9.17) is 5.11 Å². The Morgan fingerprint density at radius 3 is 2.73 bits per heavy atom. The van der Waals surface area contributed by atoms with Gasteiger partial charge in [0.1, 0.15) is 0 Å². The van der Waals surface area contributed by atoms with Gasteiger partial charge in [-0.25, -0.2) is 4.79 Å².